The first kappa shape index (κ1) is 14.0. The SMILES string of the molecule is CNCc1cnccc1N(C)C(C)Cc1cccs1. The van der Waals surface area contributed by atoms with Crippen molar-refractivity contribution in [2.24, 2.45) is 0 Å². The first-order chi connectivity index (χ1) is 9.22. The summed E-state index contributed by atoms with van der Waals surface area (Å²) in [6, 6.07) is 6.89. The predicted octanol–water partition coefficient (Wildman–Crippen LogP) is 2.93. The van der Waals surface area contributed by atoms with Gasteiger partial charge in [0.05, 0.1) is 0 Å². The number of thiophene rings is 1. The molecule has 2 aromatic rings. The summed E-state index contributed by atoms with van der Waals surface area (Å²) >= 11 is 1.83. The Hall–Kier alpha value is -1.39. The van der Waals surface area contributed by atoms with E-state index in [1.807, 2.05) is 30.8 Å². The highest BCUT2D eigenvalue weighted by atomic mass is 32.1. The summed E-state index contributed by atoms with van der Waals surface area (Å²) in [5, 5.41) is 5.34. The summed E-state index contributed by atoms with van der Waals surface area (Å²) in [5.74, 6) is 0. The number of hydrogen-bond donors (Lipinski definition) is 1. The third-order valence-electron chi connectivity index (χ3n) is 3.36. The van der Waals surface area contributed by atoms with Crippen LogP contribution in [-0.2, 0) is 13.0 Å². The molecule has 1 N–H and O–H groups in total. The Labute approximate surface area is 119 Å². The Morgan fingerprint density at radius 2 is 2.26 bits per heavy atom. The van der Waals surface area contributed by atoms with E-state index in [1.165, 1.54) is 16.1 Å². The van der Waals surface area contributed by atoms with Crippen LogP contribution >= 0.6 is 11.3 Å². The fourth-order valence-electron chi connectivity index (χ4n) is 2.18. The Morgan fingerprint density at radius 3 is 2.95 bits per heavy atom. The molecule has 2 rings (SSSR count). The lowest BCUT2D eigenvalue weighted by molar-refractivity contribution is 0.680. The highest BCUT2D eigenvalue weighted by Crippen LogP contribution is 2.22. The average molecular weight is 275 g/mol. The summed E-state index contributed by atoms with van der Waals surface area (Å²) in [6.45, 7) is 3.11. The van der Waals surface area contributed by atoms with Gasteiger partial charge in [0.2, 0.25) is 0 Å². The molecule has 0 saturated heterocycles. The lowest BCUT2D eigenvalue weighted by Crippen LogP contribution is -2.31. The molecule has 0 aliphatic heterocycles. The molecule has 3 nitrogen and oxygen atoms in total. The van der Waals surface area contributed by atoms with Gasteiger partial charge < -0.3 is 10.2 Å². The van der Waals surface area contributed by atoms with Crippen LogP contribution in [-0.4, -0.2) is 25.1 Å². The van der Waals surface area contributed by atoms with Crippen LogP contribution in [0, 0.1) is 0 Å². The van der Waals surface area contributed by atoms with E-state index in [2.05, 4.69) is 52.8 Å². The number of rotatable bonds is 6. The number of nitrogens with one attached hydrogen (secondary N) is 1. The Kier molecular flexibility index (Phi) is 4.93. The number of aromatic nitrogens is 1. The molecule has 0 aliphatic carbocycles. The molecule has 0 saturated carbocycles. The molecular weight excluding hydrogens is 254 g/mol. The van der Waals surface area contributed by atoms with Crippen molar-refractivity contribution in [3.05, 3.63) is 46.4 Å². The Bertz CT molecular complexity index is 496. The van der Waals surface area contributed by atoms with E-state index in [9.17, 15) is 0 Å². The molecule has 0 aromatic carbocycles. The molecule has 0 spiro atoms. The van der Waals surface area contributed by atoms with E-state index < -0.39 is 0 Å². The van der Waals surface area contributed by atoms with Crippen LogP contribution in [0.2, 0.25) is 0 Å². The third-order valence-corrected chi connectivity index (χ3v) is 4.26. The lowest BCUT2D eigenvalue weighted by Gasteiger charge is -2.28. The zero-order chi connectivity index (χ0) is 13.7. The smallest absolute Gasteiger partial charge is 0.0442 e. The minimum absolute atomic E-state index is 0.469. The quantitative estimate of drug-likeness (QED) is 0.878. The molecule has 102 valence electrons. The molecule has 0 bridgehead atoms. The van der Waals surface area contributed by atoms with Crippen molar-refractivity contribution in [3.63, 3.8) is 0 Å². The van der Waals surface area contributed by atoms with Crippen molar-refractivity contribution in [2.75, 3.05) is 19.0 Å². The Balaban J connectivity index is 2.12. The van der Waals surface area contributed by atoms with Gasteiger partial charge in [-0.1, -0.05) is 6.07 Å². The molecule has 0 fully saturated rings. The average Bonchev–Trinajstić information content (AvgIpc) is 2.92. The molecule has 1 unspecified atom stereocenters. The van der Waals surface area contributed by atoms with Crippen molar-refractivity contribution in [1.29, 1.82) is 0 Å². The van der Waals surface area contributed by atoms with Gasteiger partial charge in [0.15, 0.2) is 0 Å². The molecule has 0 aliphatic rings. The fourth-order valence-corrected chi connectivity index (χ4v) is 3.01. The third kappa shape index (κ3) is 3.55. The van der Waals surface area contributed by atoms with Gasteiger partial charge in [-0.05, 0) is 31.5 Å². The zero-order valence-electron chi connectivity index (χ0n) is 11.8. The second-order valence-electron chi connectivity index (χ2n) is 4.78. The molecule has 0 radical (unpaired) electrons. The van der Waals surface area contributed by atoms with Gasteiger partial charge in [-0.25, -0.2) is 0 Å². The molecule has 1 atom stereocenters. The molecular formula is C15H21N3S. The summed E-state index contributed by atoms with van der Waals surface area (Å²) < 4.78 is 0. The largest absolute Gasteiger partial charge is 0.371 e. The van der Waals surface area contributed by atoms with Crippen LogP contribution in [0.25, 0.3) is 0 Å². The summed E-state index contributed by atoms with van der Waals surface area (Å²) in [7, 11) is 4.12. The Morgan fingerprint density at radius 1 is 1.42 bits per heavy atom. The van der Waals surface area contributed by atoms with Crippen molar-refractivity contribution < 1.29 is 0 Å². The highest BCUT2D eigenvalue weighted by molar-refractivity contribution is 7.09. The minimum atomic E-state index is 0.469. The number of likely N-dealkylation sites (N-methyl/N-ethyl adjacent to an activating group) is 1. The second kappa shape index (κ2) is 6.68. The number of nitrogens with zero attached hydrogens (tertiary/aromatic N) is 2. The van der Waals surface area contributed by atoms with Gasteiger partial charge in [0.1, 0.15) is 0 Å². The first-order valence-electron chi connectivity index (χ1n) is 6.55. The van der Waals surface area contributed by atoms with Crippen LogP contribution in [0.1, 0.15) is 17.4 Å². The van der Waals surface area contributed by atoms with Crippen LogP contribution in [0.4, 0.5) is 5.69 Å². The summed E-state index contributed by atoms with van der Waals surface area (Å²) in [6.07, 6.45) is 4.89. The van der Waals surface area contributed by atoms with Gasteiger partial charge in [-0.15, -0.1) is 11.3 Å². The lowest BCUT2D eigenvalue weighted by atomic mass is 10.1. The second-order valence-corrected chi connectivity index (χ2v) is 5.81. The minimum Gasteiger partial charge on any atom is -0.371 e. The maximum absolute atomic E-state index is 4.22. The van der Waals surface area contributed by atoms with Crippen LogP contribution in [0.5, 0.6) is 0 Å². The van der Waals surface area contributed by atoms with Crippen molar-refractivity contribution in [1.82, 2.24) is 10.3 Å². The molecule has 2 heterocycles. The van der Waals surface area contributed by atoms with Gasteiger partial charge in [0, 0.05) is 54.6 Å². The van der Waals surface area contributed by atoms with Crippen LogP contribution < -0.4 is 10.2 Å². The van der Waals surface area contributed by atoms with Gasteiger partial charge >= 0.3 is 0 Å². The van der Waals surface area contributed by atoms with Crippen molar-refractivity contribution >= 4 is 17.0 Å². The molecule has 2 aromatic heterocycles. The molecule has 19 heavy (non-hydrogen) atoms. The zero-order valence-corrected chi connectivity index (χ0v) is 12.6. The van der Waals surface area contributed by atoms with Crippen molar-refractivity contribution in [3.8, 4) is 0 Å². The van der Waals surface area contributed by atoms with E-state index in [0.29, 0.717) is 6.04 Å². The number of anilines is 1. The molecule has 4 heteroatoms. The van der Waals surface area contributed by atoms with Gasteiger partial charge in [-0.2, -0.15) is 0 Å². The maximum atomic E-state index is 4.22. The van der Waals surface area contributed by atoms with E-state index >= 15 is 0 Å². The summed E-state index contributed by atoms with van der Waals surface area (Å²) in [5.41, 5.74) is 2.50. The van der Waals surface area contributed by atoms with Crippen LogP contribution in [0.3, 0.4) is 0 Å². The van der Waals surface area contributed by atoms with Crippen LogP contribution in [0.15, 0.2) is 36.0 Å². The van der Waals surface area contributed by atoms with Gasteiger partial charge in [-0.3, -0.25) is 4.98 Å². The van der Waals surface area contributed by atoms with E-state index in [0.717, 1.165) is 13.0 Å². The normalized spacial score (nSPS) is 12.4. The van der Waals surface area contributed by atoms with E-state index in [1.54, 1.807) is 0 Å². The fraction of sp³-hybridized carbons (Fsp3) is 0.400. The number of hydrogen-bond acceptors (Lipinski definition) is 4. The monoisotopic (exact) mass is 275 g/mol. The predicted molar refractivity (Wildman–Crippen MR) is 82.9 cm³/mol. The van der Waals surface area contributed by atoms with Gasteiger partial charge in [0.25, 0.3) is 0 Å². The van der Waals surface area contributed by atoms with E-state index in [-0.39, 0.29) is 0 Å². The standard InChI is InChI=1S/C15H21N3S/c1-12(9-14-5-4-8-19-14)18(3)15-6-7-17-11-13(15)10-16-2/h4-8,11-12,16H,9-10H2,1-3H3. The maximum Gasteiger partial charge on any atom is 0.0442 e. The number of pyridine rings is 1. The topological polar surface area (TPSA) is 28.2 Å². The van der Waals surface area contributed by atoms with E-state index in [4.69, 9.17) is 0 Å². The first-order valence-corrected chi connectivity index (χ1v) is 7.43. The molecule has 0 amide bonds. The van der Waals surface area contributed by atoms with Crippen molar-refractivity contribution in [2.45, 2.75) is 25.9 Å². The highest BCUT2D eigenvalue weighted by Gasteiger charge is 2.14. The summed E-state index contributed by atoms with van der Waals surface area (Å²) in [4.78, 5) is 7.99.